The molecule has 10 heteroatoms. The first-order valence-corrected chi connectivity index (χ1v) is 12.9. The number of amides is 1. The van der Waals surface area contributed by atoms with Crippen molar-refractivity contribution in [2.24, 2.45) is 0 Å². The Bertz CT molecular complexity index is 1260. The van der Waals surface area contributed by atoms with Gasteiger partial charge in [-0.3, -0.25) is 0 Å². The first-order valence-electron chi connectivity index (χ1n) is 12.9. The first kappa shape index (κ1) is 26.2. The first-order chi connectivity index (χ1) is 18.3. The third-order valence-electron chi connectivity index (χ3n) is 7.30. The number of likely N-dealkylation sites (tertiary alicyclic amines) is 1. The number of imidazole rings is 1. The number of halogens is 4. The molecule has 2 aliphatic rings. The van der Waals surface area contributed by atoms with E-state index in [-0.39, 0.29) is 30.2 Å². The van der Waals surface area contributed by atoms with Crippen LogP contribution < -0.4 is 5.32 Å². The molecule has 1 amide bonds. The maximum atomic E-state index is 13.9. The molecule has 202 valence electrons. The number of nitrogens with zero attached hydrogens (tertiary/aromatic N) is 3. The Hall–Kier alpha value is -3.40. The van der Waals surface area contributed by atoms with Crippen LogP contribution in [-0.2, 0) is 24.1 Å². The zero-order valence-electron chi connectivity index (χ0n) is 20.9. The molecule has 0 bridgehead atoms. The monoisotopic (exact) mass is 530 g/mol. The van der Waals surface area contributed by atoms with Gasteiger partial charge in [0.05, 0.1) is 17.3 Å². The minimum Gasteiger partial charge on any atom is -0.445 e. The van der Waals surface area contributed by atoms with Crippen LogP contribution in [0.4, 0.5) is 22.4 Å². The van der Waals surface area contributed by atoms with E-state index in [4.69, 9.17) is 9.72 Å². The van der Waals surface area contributed by atoms with E-state index in [0.717, 1.165) is 62.3 Å². The van der Waals surface area contributed by atoms with Crippen LogP contribution in [0.3, 0.4) is 0 Å². The summed E-state index contributed by atoms with van der Waals surface area (Å²) >= 11 is 0. The van der Waals surface area contributed by atoms with Gasteiger partial charge in [0.2, 0.25) is 0 Å². The Morgan fingerprint density at radius 1 is 1.08 bits per heavy atom. The van der Waals surface area contributed by atoms with Crippen molar-refractivity contribution in [3.05, 3.63) is 77.5 Å². The summed E-state index contributed by atoms with van der Waals surface area (Å²) in [5.41, 5.74) is 0.163. The van der Waals surface area contributed by atoms with E-state index >= 15 is 0 Å². The van der Waals surface area contributed by atoms with Crippen LogP contribution in [0, 0.1) is 5.82 Å². The second-order valence-electron chi connectivity index (χ2n) is 9.88. The summed E-state index contributed by atoms with van der Waals surface area (Å²) in [4.78, 5) is 19.4. The van der Waals surface area contributed by atoms with Gasteiger partial charge in [0.25, 0.3) is 0 Å². The van der Waals surface area contributed by atoms with Crippen LogP contribution in [0.25, 0.3) is 11.3 Å². The summed E-state index contributed by atoms with van der Waals surface area (Å²) in [6.07, 6.45) is -0.131. The van der Waals surface area contributed by atoms with Crippen LogP contribution in [0.1, 0.15) is 48.6 Å². The van der Waals surface area contributed by atoms with E-state index < -0.39 is 17.6 Å². The molecule has 2 aromatic carbocycles. The standard InChI is InChI=1S/C28H30F4N4O2/c29-24-9-8-21(15-23(24)28(30,31)32)25-17-35(26(34-25)20-10-12-33-13-11-20)16-22-7-4-14-36(22)27(37)38-18-19-5-2-1-3-6-19/h1-3,5-6,8-9,15,17,20,22,33H,4,7,10-14,16,18H2. The fourth-order valence-corrected chi connectivity index (χ4v) is 5.32. The van der Waals surface area contributed by atoms with Gasteiger partial charge in [0, 0.05) is 30.8 Å². The minimum absolute atomic E-state index is 0.125. The molecule has 1 unspecified atom stereocenters. The second-order valence-corrected chi connectivity index (χ2v) is 9.88. The van der Waals surface area contributed by atoms with E-state index in [9.17, 15) is 22.4 Å². The van der Waals surface area contributed by atoms with Crippen molar-refractivity contribution in [3.63, 3.8) is 0 Å². The zero-order chi connectivity index (χ0) is 26.7. The van der Waals surface area contributed by atoms with Crippen LogP contribution in [0.2, 0.25) is 0 Å². The number of aromatic nitrogens is 2. The number of carbonyl (C=O) groups excluding carboxylic acids is 1. The van der Waals surface area contributed by atoms with Crippen LogP contribution in [0.15, 0.2) is 54.7 Å². The number of ether oxygens (including phenoxy) is 1. The Labute approximate surface area is 218 Å². The number of hydrogen-bond acceptors (Lipinski definition) is 4. The zero-order valence-corrected chi connectivity index (χ0v) is 20.9. The summed E-state index contributed by atoms with van der Waals surface area (Å²) < 4.78 is 61.5. The van der Waals surface area contributed by atoms with Gasteiger partial charge < -0.3 is 19.5 Å². The average molecular weight is 531 g/mol. The van der Waals surface area contributed by atoms with E-state index in [1.165, 1.54) is 6.07 Å². The van der Waals surface area contributed by atoms with Crippen molar-refractivity contribution >= 4 is 6.09 Å². The quantitative estimate of drug-likeness (QED) is 0.399. The number of piperidine rings is 1. The highest BCUT2D eigenvalue weighted by molar-refractivity contribution is 5.68. The maximum Gasteiger partial charge on any atom is 0.419 e. The molecule has 0 radical (unpaired) electrons. The topological polar surface area (TPSA) is 59.4 Å². The Morgan fingerprint density at radius 3 is 2.58 bits per heavy atom. The summed E-state index contributed by atoms with van der Waals surface area (Å²) in [5.74, 6) is -0.397. The number of hydrogen-bond donors (Lipinski definition) is 1. The second kappa shape index (κ2) is 11.1. The number of alkyl halides is 3. The molecule has 3 aromatic rings. The normalized spacial score (nSPS) is 18.6. The number of carbonyl (C=O) groups is 1. The lowest BCUT2D eigenvalue weighted by Crippen LogP contribution is -2.39. The molecule has 2 aliphatic heterocycles. The molecule has 1 aromatic heterocycles. The molecule has 1 atom stereocenters. The molecule has 2 saturated heterocycles. The lowest BCUT2D eigenvalue weighted by atomic mass is 9.97. The van der Waals surface area contributed by atoms with Crippen LogP contribution in [-0.4, -0.2) is 46.2 Å². The number of rotatable bonds is 6. The van der Waals surface area contributed by atoms with E-state index in [0.29, 0.717) is 18.8 Å². The fourth-order valence-electron chi connectivity index (χ4n) is 5.32. The van der Waals surface area contributed by atoms with E-state index in [1.807, 2.05) is 34.9 Å². The summed E-state index contributed by atoms with van der Waals surface area (Å²) in [7, 11) is 0. The highest BCUT2D eigenvalue weighted by Gasteiger charge is 2.35. The predicted octanol–water partition coefficient (Wildman–Crippen LogP) is 5.98. The van der Waals surface area contributed by atoms with Gasteiger partial charge in [-0.2, -0.15) is 13.2 Å². The van der Waals surface area contributed by atoms with Crippen molar-refractivity contribution in [2.75, 3.05) is 19.6 Å². The van der Waals surface area contributed by atoms with Crippen molar-refractivity contribution in [1.29, 1.82) is 0 Å². The van der Waals surface area contributed by atoms with Crippen molar-refractivity contribution < 1.29 is 27.1 Å². The van der Waals surface area contributed by atoms with Crippen molar-refractivity contribution in [1.82, 2.24) is 19.8 Å². The van der Waals surface area contributed by atoms with Gasteiger partial charge in [0.15, 0.2) is 0 Å². The van der Waals surface area contributed by atoms with E-state index in [2.05, 4.69) is 5.32 Å². The highest BCUT2D eigenvalue weighted by Crippen LogP contribution is 2.35. The van der Waals surface area contributed by atoms with E-state index in [1.54, 1.807) is 11.1 Å². The van der Waals surface area contributed by atoms with Gasteiger partial charge in [0.1, 0.15) is 18.2 Å². The van der Waals surface area contributed by atoms with Crippen LogP contribution in [0.5, 0.6) is 0 Å². The SMILES string of the molecule is O=C(OCc1ccccc1)N1CCCC1Cn1cc(-c2ccc(F)c(C(F)(F)F)c2)nc1C1CCNCC1. The lowest BCUT2D eigenvalue weighted by molar-refractivity contribution is -0.139. The molecule has 0 saturated carbocycles. The van der Waals surface area contributed by atoms with Gasteiger partial charge in [-0.15, -0.1) is 0 Å². The van der Waals surface area contributed by atoms with Gasteiger partial charge in [-0.25, -0.2) is 14.2 Å². The number of benzene rings is 2. The van der Waals surface area contributed by atoms with Crippen molar-refractivity contribution in [2.45, 2.75) is 57.0 Å². The summed E-state index contributed by atoms with van der Waals surface area (Å²) in [6, 6.07) is 12.3. The third-order valence-corrected chi connectivity index (χ3v) is 7.30. The molecule has 5 rings (SSSR count). The number of nitrogens with one attached hydrogen (secondary N) is 1. The maximum absolute atomic E-state index is 13.9. The third kappa shape index (κ3) is 5.85. The molecule has 2 fully saturated rings. The lowest BCUT2D eigenvalue weighted by Gasteiger charge is -2.27. The molecule has 6 nitrogen and oxygen atoms in total. The smallest absolute Gasteiger partial charge is 0.419 e. The Balaban J connectivity index is 1.39. The largest absolute Gasteiger partial charge is 0.445 e. The molecular formula is C28H30F4N4O2. The Morgan fingerprint density at radius 2 is 1.84 bits per heavy atom. The van der Waals surface area contributed by atoms with Gasteiger partial charge >= 0.3 is 12.3 Å². The molecular weight excluding hydrogens is 500 g/mol. The average Bonchev–Trinajstić information content (AvgIpc) is 3.56. The highest BCUT2D eigenvalue weighted by atomic mass is 19.4. The fraction of sp³-hybridized carbons (Fsp3) is 0.429. The van der Waals surface area contributed by atoms with Gasteiger partial charge in [-0.05, 0) is 62.5 Å². The predicted molar refractivity (Wildman–Crippen MR) is 134 cm³/mol. The molecule has 38 heavy (non-hydrogen) atoms. The van der Waals surface area contributed by atoms with Crippen molar-refractivity contribution in [3.8, 4) is 11.3 Å². The molecule has 1 N–H and O–H groups in total. The Kier molecular flexibility index (Phi) is 7.69. The van der Waals surface area contributed by atoms with Crippen LogP contribution >= 0.6 is 0 Å². The molecule has 3 heterocycles. The summed E-state index contributed by atoms with van der Waals surface area (Å²) in [5, 5.41) is 3.32. The van der Waals surface area contributed by atoms with Gasteiger partial charge in [-0.1, -0.05) is 30.3 Å². The molecule has 0 spiro atoms. The minimum atomic E-state index is -4.80. The molecule has 0 aliphatic carbocycles. The summed E-state index contributed by atoms with van der Waals surface area (Å²) in [6.45, 7) is 2.87.